The van der Waals surface area contributed by atoms with Gasteiger partial charge in [0.15, 0.2) is 5.13 Å². The molecular weight excluding hydrogens is 420 g/mol. The summed E-state index contributed by atoms with van der Waals surface area (Å²) in [5.74, 6) is -0.265. The Labute approximate surface area is 178 Å². The quantitative estimate of drug-likeness (QED) is 0.364. The van der Waals surface area contributed by atoms with E-state index in [-0.39, 0.29) is 5.91 Å². The summed E-state index contributed by atoms with van der Waals surface area (Å²) < 4.78 is 0. The van der Waals surface area contributed by atoms with Crippen LogP contribution in [0.15, 0.2) is 65.4 Å². The smallest absolute Gasteiger partial charge is 0.269 e. The maximum atomic E-state index is 12.8. The van der Waals surface area contributed by atoms with Crippen LogP contribution >= 0.6 is 34.0 Å². The summed E-state index contributed by atoms with van der Waals surface area (Å²) in [5, 5.41) is 8.14. The molecule has 5 rings (SSSR count). The zero-order valence-corrected chi connectivity index (χ0v) is 17.4. The largest absolute Gasteiger partial charge is 0.397 e. The Morgan fingerprint density at radius 3 is 2.59 bits per heavy atom. The first-order valence-electron chi connectivity index (χ1n) is 8.74. The first-order valence-corrected chi connectivity index (χ1v) is 11.3. The number of fused-ring (bicyclic) bond motifs is 1. The third kappa shape index (κ3) is 3.42. The van der Waals surface area contributed by atoms with Gasteiger partial charge < -0.3 is 5.73 Å². The molecule has 5 nitrogen and oxygen atoms in total. The Morgan fingerprint density at radius 2 is 1.79 bits per heavy atom. The Bertz CT molecular complexity index is 1310. The highest BCUT2D eigenvalue weighted by Crippen LogP contribution is 2.35. The van der Waals surface area contributed by atoms with Gasteiger partial charge in [0.2, 0.25) is 0 Å². The van der Waals surface area contributed by atoms with Gasteiger partial charge in [0.05, 0.1) is 22.0 Å². The number of rotatable bonds is 4. The molecule has 0 radical (unpaired) electrons. The first kappa shape index (κ1) is 18.0. The number of hydrogen-bond acceptors (Lipinski definition) is 7. The number of aromatic nitrogens is 2. The highest BCUT2D eigenvalue weighted by Gasteiger charge is 2.19. The van der Waals surface area contributed by atoms with Crippen LogP contribution in [-0.4, -0.2) is 15.9 Å². The fourth-order valence-electron chi connectivity index (χ4n) is 2.96. The van der Waals surface area contributed by atoms with Crippen LogP contribution < -0.4 is 11.1 Å². The molecule has 0 aliphatic rings. The lowest BCUT2D eigenvalue weighted by atomic mass is 10.1. The molecule has 1 amide bonds. The van der Waals surface area contributed by atoms with Crippen molar-refractivity contribution in [3.8, 4) is 21.8 Å². The third-order valence-electron chi connectivity index (χ3n) is 4.37. The minimum absolute atomic E-state index is 0.265. The average Bonchev–Trinajstić information content (AvgIpc) is 3.49. The van der Waals surface area contributed by atoms with Gasteiger partial charge in [-0.1, -0.05) is 36.4 Å². The monoisotopic (exact) mass is 434 g/mol. The van der Waals surface area contributed by atoms with Crippen molar-refractivity contribution in [3.63, 3.8) is 0 Å². The SMILES string of the molecule is Nc1c(C(=O)Nc2nc(-c3cccs3)cs2)sc2nc(-c3ccccc3)ccc12. The average molecular weight is 435 g/mol. The molecule has 0 aliphatic heterocycles. The summed E-state index contributed by atoms with van der Waals surface area (Å²) in [7, 11) is 0. The maximum Gasteiger partial charge on any atom is 0.269 e. The number of amides is 1. The summed E-state index contributed by atoms with van der Waals surface area (Å²) in [6.45, 7) is 0. The summed E-state index contributed by atoms with van der Waals surface area (Å²) in [4.78, 5) is 24.3. The van der Waals surface area contributed by atoms with Crippen molar-refractivity contribution in [2.24, 2.45) is 0 Å². The van der Waals surface area contributed by atoms with Gasteiger partial charge in [0.25, 0.3) is 5.91 Å². The number of carbonyl (C=O) groups excluding carboxylic acids is 1. The standard InChI is InChI=1S/C21H14N4OS3/c22-17-13-8-9-14(12-5-2-1-3-6-12)23-20(13)29-18(17)19(26)25-21-24-15(11-28-21)16-7-4-10-27-16/h1-11H,22H2,(H,24,25,26). The summed E-state index contributed by atoms with van der Waals surface area (Å²) in [6, 6.07) is 17.8. The van der Waals surface area contributed by atoms with E-state index in [1.807, 2.05) is 65.4 Å². The summed E-state index contributed by atoms with van der Waals surface area (Å²) >= 11 is 4.31. The van der Waals surface area contributed by atoms with E-state index < -0.39 is 0 Å². The summed E-state index contributed by atoms with van der Waals surface area (Å²) in [6.07, 6.45) is 0. The molecule has 5 aromatic rings. The van der Waals surface area contributed by atoms with Crippen LogP contribution in [0.1, 0.15) is 9.67 Å². The molecule has 4 aromatic heterocycles. The fraction of sp³-hybridized carbons (Fsp3) is 0. The molecule has 8 heteroatoms. The van der Waals surface area contributed by atoms with Crippen LogP contribution in [0.4, 0.5) is 10.8 Å². The lowest BCUT2D eigenvalue weighted by Crippen LogP contribution is -2.11. The van der Waals surface area contributed by atoms with Crippen LogP contribution in [-0.2, 0) is 0 Å². The molecule has 142 valence electrons. The molecule has 0 saturated carbocycles. The number of thiazole rings is 1. The number of pyridine rings is 1. The molecule has 0 fully saturated rings. The van der Waals surface area contributed by atoms with E-state index in [4.69, 9.17) is 10.7 Å². The van der Waals surface area contributed by atoms with Gasteiger partial charge in [-0.3, -0.25) is 10.1 Å². The second-order valence-corrected chi connectivity index (χ2v) is 9.03. The fourth-order valence-corrected chi connectivity index (χ4v) is 5.41. The van der Waals surface area contributed by atoms with Crippen molar-refractivity contribution in [2.75, 3.05) is 11.1 Å². The van der Waals surface area contributed by atoms with Crippen molar-refractivity contribution in [1.82, 2.24) is 9.97 Å². The minimum Gasteiger partial charge on any atom is -0.397 e. The molecule has 29 heavy (non-hydrogen) atoms. The molecule has 3 N–H and O–H groups in total. The normalized spacial score (nSPS) is 11.0. The lowest BCUT2D eigenvalue weighted by Gasteiger charge is -2.00. The highest BCUT2D eigenvalue weighted by molar-refractivity contribution is 7.21. The second-order valence-electron chi connectivity index (χ2n) is 6.23. The van der Waals surface area contributed by atoms with Gasteiger partial charge in [-0.05, 0) is 23.6 Å². The zero-order valence-electron chi connectivity index (χ0n) is 15.0. The lowest BCUT2D eigenvalue weighted by molar-refractivity contribution is 0.103. The highest BCUT2D eigenvalue weighted by atomic mass is 32.1. The number of thiophene rings is 2. The van der Waals surface area contributed by atoms with Crippen LogP contribution in [0, 0.1) is 0 Å². The molecule has 0 spiro atoms. The molecule has 0 atom stereocenters. The van der Waals surface area contributed by atoms with E-state index in [2.05, 4.69) is 10.3 Å². The Balaban J connectivity index is 1.43. The van der Waals surface area contributed by atoms with Crippen LogP contribution in [0.25, 0.3) is 32.0 Å². The van der Waals surface area contributed by atoms with Gasteiger partial charge in [0, 0.05) is 16.3 Å². The van der Waals surface area contributed by atoms with Gasteiger partial charge in [-0.2, -0.15) is 0 Å². The molecule has 0 unspecified atom stereocenters. The van der Waals surface area contributed by atoms with E-state index in [1.165, 1.54) is 22.7 Å². The Hall–Kier alpha value is -3.07. The van der Waals surface area contributed by atoms with Crippen molar-refractivity contribution in [1.29, 1.82) is 0 Å². The van der Waals surface area contributed by atoms with Crippen LogP contribution in [0.5, 0.6) is 0 Å². The number of nitrogens with two attached hydrogens (primary N) is 1. The first-order chi connectivity index (χ1) is 14.2. The van der Waals surface area contributed by atoms with Crippen molar-refractivity contribution < 1.29 is 4.79 Å². The van der Waals surface area contributed by atoms with Gasteiger partial charge in [-0.15, -0.1) is 34.0 Å². The number of benzene rings is 1. The maximum absolute atomic E-state index is 12.8. The number of nitrogens with zero attached hydrogens (tertiary/aromatic N) is 2. The molecule has 0 aliphatic carbocycles. The molecule has 4 heterocycles. The number of nitrogen functional groups attached to an aromatic ring is 1. The Kier molecular flexibility index (Phi) is 4.59. The molecular formula is C21H14N4OS3. The number of carbonyl (C=O) groups is 1. The topological polar surface area (TPSA) is 80.9 Å². The Morgan fingerprint density at radius 1 is 0.931 bits per heavy atom. The van der Waals surface area contributed by atoms with Crippen LogP contribution in [0.3, 0.4) is 0 Å². The molecule has 0 saturated heterocycles. The van der Waals surface area contributed by atoms with Crippen molar-refractivity contribution >= 4 is 61.0 Å². The van der Waals surface area contributed by atoms with E-state index in [9.17, 15) is 4.79 Å². The minimum atomic E-state index is -0.265. The molecule has 1 aromatic carbocycles. The van der Waals surface area contributed by atoms with Gasteiger partial charge in [-0.25, -0.2) is 9.97 Å². The number of anilines is 2. The van der Waals surface area contributed by atoms with E-state index in [1.54, 1.807) is 11.3 Å². The van der Waals surface area contributed by atoms with Crippen LogP contribution in [0.2, 0.25) is 0 Å². The van der Waals surface area contributed by atoms with E-state index in [0.717, 1.165) is 32.0 Å². The van der Waals surface area contributed by atoms with Crippen molar-refractivity contribution in [2.45, 2.75) is 0 Å². The third-order valence-corrected chi connectivity index (χ3v) is 7.13. The summed E-state index contributed by atoms with van der Waals surface area (Å²) in [5.41, 5.74) is 9.45. The van der Waals surface area contributed by atoms with Gasteiger partial charge >= 0.3 is 0 Å². The second kappa shape index (κ2) is 7.40. The molecule has 0 bridgehead atoms. The number of nitrogens with one attached hydrogen (secondary N) is 1. The number of hydrogen-bond donors (Lipinski definition) is 2. The zero-order chi connectivity index (χ0) is 19.8. The van der Waals surface area contributed by atoms with E-state index in [0.29, 0.717) is 15.7 Å². The predicted octanol–water partition coefficient (Wildman–Crippen LogP) is 5.98. The predicted molar refractivity (Wildman–Crippen MR) is 123 cm³/mol. The van der Waals surface area contributed by atoms with E-state index >= 15 is 0 Å². The van der Waals surface area contributed by atoms with Gasteiger partial charge in [0.1, 0.15) is 9.71 Å². The van der Waals surface area contributed by atoms with Crippen molar-refractivity contribution in [3.05, 3.63) is 70.2 Å².